The fourth-order valence-electron chi connectivity index (χ4n) is 10.6. The standard InChI is InChI=1S/C54H60N8O6/c1-28(2)44(60-54(66)68-7)53(65)62(48-29(3)30(48)4)31(5)49-55-41-21-17-37-24-35(15-19-39(37)46(41)57-49)36-16-20-40-38(25-36)18-22-42-47(40)58-50(56-42)43-23-32(27-67-6)26-61(43)52(64)45(33-11-9-8-10-12-33)59-51(63)34-13-14-34/h8-12,15-22,24-25,28-32,34,43-45,48H,13-14,23,26-27H2,1-7H3,(H,55,57)(H,56,58)(H,59,63)(H,60,66)/t29-,30+,31-,32-,43-,44-,45+,48-/m0/s1. The average molecular weight is 917 g/mol. The van der Waals surface area contributed by atoms with E-state index in [-0.39, 0.29) is 53.6 Å². The normalized spacial score (nSPS) is 21.6. The van der Waals surface area contributed by atoms with Crippen LogP contribution in [0.3, 0.4) is 0 Å². The Morgan fingerprint density at radius 3 is 2.01 bits per heavy atom. The fraction of sp³-hybridized carbons (Fsp3) is 0.407. The Morgan fingerprint density at radius 2 is 1.43 bits per heavy atom. The van der Waals surface area contributed by atoms with Crippen molar-refractivity contribution in [2.75, 3.05) is 27.4 Å². The lowest BCUT2D eigenvalue weighted by molar-refractivity contribution is -0.138. The van der Waals surface area contributed by atoms with Crippen LogP contribution < -0.4 is 10.6 Å². The van der Waals surface area contributed by atoms with Gasteiger partial charge in [0, 0.05) is 42.3 Å². The van der Waals surface area contributed by atoms with Gasteiger partial charge in [0.2, 0.25) is 17.7 Å². The molecule has 352 valence electrons. The number of aromatic amines is 2. The third kappa shape index (κ3) is 8.33. The first kappa shape index (κ1) is 45.0. The molecule has 0 radical (unpaired) electrons. The van der Waals surface area contributed by atoms with E-state index in [1.807, 2.05) is 73.0 Å². The van der Waals surface area contributed by atoms with Crippen molar-refractivity contribution >= 4 is 67.4 Å². The molecule has 0 bridgehead atoms. The van der Waals surface area contributed by atoms with Crippen LogP contribution in [0.5, 0.6) is 0 Å². The molecule has 0 spiro atoms. The minimum atomic E-state index is -0.798. The SMILES string of the molecule is COC[C@H]1C[C@@H](c2nc3ccc4cc(-c5ccc6c(ccc7nc([C@H](C)N(C(=O)[C@@H](NC(=O)OC)C(C)C)[C@@H]8[C@H](C)[C@@H]8C)[nH]c76)c5)ccc4c3[nH]2)N(C(=O)[C@H](NC(=O)C2CC2)c2ccccc2)C1. The Labute approximate surface area is 395 Å². The van der Waals surface area contributed by atoms with Crippen LogP contribution in [0.2, 0.25) is 0 Å². The molecule has 2 aliphatic carbocycles. The van der Waals surface area contributed by atoms with Gasteiger partial charge in [0.15, 0.2) is 0 Å². The number of fused-ring (bicyclic) bond motifs is 6. The van der Waals surface area contributed by atoms with Crippen LogP contribution in [0.25, 0.3) is 54.7 Å². The van der Waals surface area contributed by atoms with Crippen LogP contribution in [0.15, 0.2) is 91.0 Å². The van der Waals surface area contributed by atoms with Crippen LogP contribution in [0.4, 0.5) is 4.79 Å². The molecule has 4 amide bonds. The molecule has 5 aromatic carbocycles. The van der Waals surface area contributed by atoms with E-state index in [1.165, 1.54) is 7.11 Å². The van der Waals surface area contributed by atoms with Crippen molar-refractivity contribution in [3.05, 3.63) is 108 Å². The lowest BCUT2D eigenvalue weighted by Crippen LogP contribution is -2.53. The number of likely N-dealkylation sites (tertiary alicyclic amines) is 1. The molecule has 4 N–H and O–H groups in total. The highest BCUT2D eigenvalue weighted by molar-refractivity contribution is 6.07. The number of ether oxygens (including phenoxy) is 2. The zero-order valence-electron chi connectivity index (χ0n) is 39.7. The molecule has 2 aromatic heterocycles. The van der Waals surface area contributed by atoms with Gasteiger partial charge in [-0.2, -0.15) is 0 Å². The molecule has 0 unspecified atom stereocenters. The van der Waals surface area contributed by atoms with Crippen LogP contribution in [0.1, 0.15) is 89.2 Å². The molecule has 7 aromatic rings. The van der Waals surface area contributed by atoms with Crippen molar-refractivity contribution in [1.82, 2.24) is 40.4 Å². The van der Waals surface area contributed by atoms with Gasteiger partial charge in [0.05, 0.1) is 47.9 Å². The van der Waals surface area contributed by atoms with E-state index in [0.29, 0.717) is 43.1 Å². The first-order valence-electron chi connectivity index (χ1n) is 24.0. The van der Waals surface area contributed by atoms with Crippen molar-refractivity contribution in [3.8, 4) is 11.1 Å². The number of hydrogen-bond donors (Lipinski definition) is 4. The molecular formula is C54H60N8O6. The van der Waals surface area contributed by atoms with Gasteiger partial charge in [0.1, 0.15) is 23.7 Å². The smallest absolute Gasteiger partial charge is 0.407 e. The third-order valence-corrected chi connectivity index (χ3v) is 14.9. The van der Waals surface area contributed by atoms with Gasteiger partial charge in [-0.25, -0.2) is 14.8 Å². The summed E-state index contributed by atoms with van der Waals surface area (Å²) in [6.07, 6.45) is 1.75. The van der Waals surface area contributed by atoms with Gasteiger partial charge in [-0.05, 0) is 95.7 Å². The summed E-state index contributed by atoms with van der Waals surface area (Å²) in [5, 5.41) is 10.0. The summed E-state index contributed by atoms with van der Waals surface area (Å²) in [7, 11) is 2.99. The molecule has 3 aliphatic rings. The average Bonchev–Trinajstić information content (AvgIpc) is 4.06. The van der Waals surface area contributed by atoms with Crippen LogP contribution in [-0.4, -0.2) is 93.0 Å². The highest BCUT2D eigenvalue weighted by Crippen LogP contribution is 2.46. The maximum atomic E-state index is 14.6. The van der Waals surface area contributed by atoms with Gasteiger partial charge in [-0.15, -0.1) is 0 Å². The third-order valence-electron chi connectivity index (χ3n) is 14.9. The largest absolute Gasteiger partial charge is 0.453 e. The Bertz CT molecular complexity index is 3060. The Hall–Kier alpha value is -6.80. The second-order valence-corrected chi connectivity index (χ2v) is 19.7. The Morgan fingerprint density at radius 1 is 0.794 bits per heavy atom. The van der Waals surface area contributed by atoms with Crippen molar-refractivity contribution in [1.29, 1.82) is 0 Å². The van der Waals surface area contributed by atoms with E-state index in [2.05, 4.69) is 83.0 Å². The number of carbonyl (C=O) groups is 4. The summed E-state index contributed by atoms with van der Waals surface area (Å²) in [5.41, 5.74) is 6.33. The van der Waals surface area contributed by atoms with E-state index < -0.39 is 18.2 Å². The number of amides is 4. The molecule has 68 heavy (non-hydrogen) atoms. The predicted molar refractivity (Wildman–Crippen MR) is 262 cm³/mol. The molecular weight excluding hydrogens is 857 g/mol. The van der Waals surface area contributed by atoms with Crippen LogP contribution in [-0.2, 0) is 23.9 Å². The van der Waals surface area contributed by atoms with Gasteiger partial charge in [0.25, 0.3) is 0 Å². The maximum absolute atomic E-state index is 14.6. The highest BCUT2D eigenvalue weighted by atomic mass is 16.5. The molecule has 1 aliphatic heterocycles. The van der Waals surface area contributed by atoms with E-state index in [4.69, 9.17) is 19.4 Å². The van der Waals surface area contributed by atoms with E-state index in [0.717, 1.165) is 73.1 Å². The molecule has 3 heterocycles. The number of nitrogens with one attached hydrogen (secondary N) is 4. The number of H-pyrrole nitrogens is 2. The molecule has 14 heteroatoms. The predicted octanol–water partition coefficient (Wildman–Crippen LogP) is 9.14. The van der Waals surface area contributed by atoms with Gasteiger partial charge >= 0.3 is 6.09 Å². The summed E-state index contributed by atoms with van der Waals surface area (Å²) in [6, 6.07) is 28.4. The van der Waals surface area contributed by atoms with Gasteiger partial charge in [-0.3, -0.25) is 14.4 Å². The Balaban J connectivity index is 0.926. The minimum Gasteiger partial charge on any atom is -0.453 e. The summed E-state index contributed by atoms with van der Waals surface area (Å²) in [5.74, 6) is 1.59. The van der Waals surface area contributed by atoms with Crippen molar-refractivity contribution in [2.45, 2.75) is 84.1 Å². The molecule has 3 fully saturated rings. The monoisotopic (exact) mass is 916 g/mol. The zero-order valence-corrected chi connectivity index (χ0v) is 39.7. The van der Waals surface area contributed by atoms with Crippen LogP contribution in [0, 0.1) is 29.6 Å². The summed E-state index contributed by atoms with van der Waals surface area (Å²) >= 11 is 0. The molecule has 8 atom stereocenters. The second kappa shape index (κ2) is 18.0. The number of methoxy groups -OCH3 is 2. The molecule has 10 rings (SSSR count). The Kier molecular flexibility index (Phi) is 11.9. The zero-order chi connectivity index (χ0) is 47.5. The van der Waals surface area contributed by atoms with Crippen molar-refractivity contribution in [3.63, 3.8) is 0 Å². The number of benzene rings is 5. The minimum absolute atomic E-state index is 0.0207. The number of rotatable bonds is 14. The number of carbonyl (C=O) groups excluding carboxylic acids is 4. The number of hydrogen-bond acceptors (Lipinski definition) is 8. The van der Waals surface area contributed by atoms with Crippen LogP contribution >= 0.6 is 0 Å². The lowest BCUT2D eigenvalue weighted by Gasteiger charge is -2.34. The first-order valence-corrected chi connectivity index (χ1v) is 24.0. The molecule has 2 saturated carbocycles. The van der Waals surface area contributed by atoms with Crippen molar-refractivity contribution in [2.24, 2.45) is 29.6 Å². The number of alkyl carbamates (subject to hydrolysis) is 1. The summed E-state index contributed by atoms with van der Waals surface area (Å²) < 4.78 is 10.5. The highest BCUT2D eigenvalue weighted by Gasteiger charge is 2.52. The second-order valence-electron chi connectivity index (χ2n) is 19.7. The number of aromatic nitrogens is 4. The number of imidazole rings is 2. The quantitative estimate of drug-likeness (QED) is 0.0836. The fourth-order valence-corrected chi connectivity index (χ4v) is 10.6. The lowest BCUT2D eigenvalue weighted by atomic mass is 9.98. The van der Waals surface area contributed by atoms with E-state index in [1.54, 1.807) is 7.11 Å². The summed E-state index contributed by atoms with van der Waals surface area (Å²) in [6.45, 7) is 11.2. The first-order chi connectivity index (χ1) is 32.8. The van der Waals surface area contributed by atoms with Gasteiger partial charge in [-0.1, -0.05) is 94.4 Å². The maximum Gasteiger partial charge on any atom is 0.407 e. The van der Waals surface area contributed by atoms with E-state index >= 15 is 0 Å². The number of nitrogens with zero attached hydrogens (tertiary/aromatic N) is 4. The topological polar surface area (TPSA) is 175 Å². The molecule has 1 saturated heterocycles. The van der Waals surface area contributed by atoms with E-state index in [9.17, 15) is 19.2 Å². The molecule has 14 nitrogen and oxygen atoms in total. The summed E-state index contributed by atoms with van der Waals surface area (Å²) in [4.78, 5) is 75.4. The van der Waals surface area contributed by atoms with Crippen molar-refractivity contribution < 1.29 is 28.7 Å². The van der Waals surface area contributed by atoms with Gasteiger partial charge < -0.3 is 39.9 Å².